The summed E-state index contributed by atoms with van der Waals surface area (Å²) in [7, 11) is 1.48. The van der Waals surface area contributed by atoms with Crippen molar-refractivity contribution in [2.45, 2.75) is 44.3 Å². The van der Waals surface area contributed by atoms with Gasteiger partial charge < -0.3 is 4.74 Å². The Morgan fingerprint density at radius 1 is 1.50 bits per heavy atom. The highest BCUT2D eigenvalue weighted by Crippen LogP contribution is 2.28. The minimum Gasteiger partial charge on any atom is -0.469 e. The lowest BCUT2D eigenvalue weighted by Gasteiger charge is -2.22. The van der Waals surface area contributed by atoms with Crippen molar-refractivity contribution < 1.29 is 9.53 Å². The first-order chi connectivity index (χ1) is 7.77. The van der Waals surface area contributed by atoms with Crippen molar-refractivity contribution in [1.29, 1.82) is 0 Å². The Kier molecular flexibility index (Phi) is 6.62. The van der Waals surface area contributed by atoms with Gasteiger partial charge in [-0.05, 0) is 25.0 Å². The zero-order valence-corrected chi connectivity index (χ0v) is 11.1. The SMILES string of the molecule is CCCCCS[C@@H]1C=CC[C@@H](C(=O)OC)C1. The van der Waals surface area contributed by atoms with E-state index in [1.807, 2.05) is 11.8 Å². The molecule has 16 heavy (non-hydrogen) atoms. The number of carbonyl (C=O) groups excluding carboxylic acids is 1. The molecule has 0 heterocycles. The molecule has 92 valence electrons. The van der Waals surface area contributed by atoms with Crippen molar-refractivity contribution in [1.82, 2.24) is 0 Å². The van der Waals surface area contributed by atoms with Gasteiger partial charge in [0, 0.05) is 5.25 Å². The number of allylic oxidation sites excluding steroid dienone is 1. The molecule has 0 aromatic carbocycles. The number of methoxy groups -OCH3 is 1. The third-order valence-electron chi connectivity index (χ3n) is 2.90. The zero-order valence-electron chi connectivity index (χ0n) is 10.3. The summed E-state index contributed by atoms with van der Waals surface area (Å²) in [5, 5.41) is 0.509. The van der Waals surface area contributed by atoms with E-state index in [1.165, 1.54) is 32.1 Å². The molecule has 1 rings (SSSR count). The van der Waals surface area contributed by atoms with E-state index in [1.54, 1.807) is 0 Å². The van der Waals surface area contributed by atoms with Gasteiger partial charge in [0.2, 0.25) is 0 Å². The second-order valence-corrected chi connectivity index (χ2v) is 5.58. The fourth-order valence-electron chi connectivity index (χ4n) is 1.92. The summed E-state index contributed by atoms with van der Waals surface area (Å²) in [6.07, 6.45) is 10.0. The fraction of sp³-hybridized carbons (Fsp3) is 0.769. The summed E-state index contributed by atoms with van der Waals surface area (Å²) in [6.45, 7) is 2.22. The topological polar surface area (TPSA) is 26.3 Å². The summed E-state index contributed by atoms with van der Waals surface area (Å²) in [5.74, 6) is 1.23. The Labute approximate surface area is 103 Å². The third-order valence-corrected chi connectivity index (χ3v) is 4.20. The molecular formula is C13H22O2S. The predicted molar refractivity (Wildman–Crippen MR) is 69.7 cm³/mol. The molecule has 0 saturated carbocycles. The van der Waals surface area contributed by atoms with Crippen LogP contribution in [0.3, 0.4) is 0 Å². The maximum atomic E-state index is 11.4. The maximum absolute atomic E-state index is 11.4. The van der Waals surface area contributed by atoms with Gasteiger partial charge in [0.1, 0.15) is 0 Å². The summed E-state index contributed by atoms with van der Waals surface area (Å²) in [5.41, 5.74) is 0. The Morgan fingerprint density at radius 3 is 3.00 bits per heavy atom. The molecule has 2 nitrogen and oxygen atoms in total. The van der Waals surface area contributed by atoms with Crippen LogP contribution in [0.25, 0.3) is 0 Å². The van der Waals surface area contributed by atoms with E-state index in [0.29, 0.717) is 5.25 Å². The molecule has 0 fully saturated rings. The van der Waals surface area contributed by atoms with Crippen LogP contribution in [0.4, 0.5) is 0 Å². The number of esters is 1. The molecule has 2 atom stereocenters. The molecule has 0 spiro atoms. The molecule has 0 aromatic heterocycles. The zero-order chi connectivity index (χ0) is 11.8. The minimum atomic E-state index is -0.0523. The van der Waals surface area contributed by atoms with Gasteiger partial charge in [0.15, 0.2) is 0 Å². The fourth-order valence-corrected chi connectivity index (χ4v) is 3.18. The lowest BCUT2D eigenvalue weighted by Crippen LogP contribution is -2.22. The largest absolute Gasteiger partial charge is 0.469 e. The van der Waals surface area contributed by atoms with Gasteiger partial charge in [-0.25, -0.2) is 0 Å². The van der Waals surface area contributed by atoms with Crippen LogP contribution in [0.1, 0.15) is 39.0 Å². The van der Waals surface area contributed by atoms with Crippen LogP contribution in [0.5, 0.6) is 0 Å². The second-order valence-electron chi connectivity index (χ2n) is 4.24. The van der Waals surface area contributed by atoms with Crippen molar-refractivity contribution >= 4 is 17.7 Å². The van der Waals surface area contributed by atoms with Crippen LogP contribution in [-0.4, -0.2) is 24.1 Å². The molecule has 0 radical (unpaired) electrons. The van der Waals surface area contributed by atoms with Crippen molar-refractivity contribution in [3.05, 3.63) is 12.2 Å². The number of hydrogen-bond donors (Lipinski definition) is 0. The van der Waals surface area contributed by atoms with Crippen LogP contribution in [0.15, 0.2) is 12.2 Å². The average Bonchev–Trinajstić information content (AvgIpc) is 2.34. The molecule has 0 amide bonds. The van der Waals surface area contributed by atoms with Crippen molar-refractivity contribution in [2.75, 3.05) is 12.9 Å². The standard InChI is InChI=1S/C13H22O2S/c1-3-4-5-9-16-12-8-6-7-11(10-12)13(14)15-2/h6,8,11-12H,3-5,7,9-10H2,1-2H3/t11-,12-/m1/s1. The Morgan fingerprint density at radius 2 is 2.31 bits per heavy atom. The van der Waals surface area contributed by atoms with Gasteiger partial charge in [0.25, 0.3) is 0 Å². The van der Waals surface area contributed by atoms with Gasteiger partial charge in [0.05, 0.1) is 13.0 Å². The molecule has 0 saturated heterocycles. The van der Waals surface area contributed by atoms with Gasteiger partial charge in [-0.3, -0.25) is 4.79 Å². The van der Waals surface area contributed by atoms with Gasteiger partial charge in [-0.1, -0.05) is 31.9 Å². The van der Waals surface area contributed by atoms with Crippen molar-refractivity contribution in [3.63, 3.8) is 0 Å². The highest BCUT2D eigenvalue weighted by molar-refractivity contribution is 8.00. The number of thioether (sulfide) groups is 1. The Balaban J connectivity index is 2.25. The van der Waals surface area contributed by atoms with E-state index in [-0.39, 0.29) is 11.9 Å². The highest BCUT2D eigenvalue weighted by atomic mass is 32.2. The predicted octanol–water partition coefficient (Wildman–Crippen LogP) is 3.42. The monoisotopic (exact) mass is 242 g/mol. The lowest BCUT2D eigenvalue weighted by atomic mass is 9.94. The van der Waals surface area contributed by atoms with Gasteiger partial charge in [-0.15, -0.1) is 0 Å². The molecule has 3 heteroatoms. The average molecular weight is 242 g/mol. The molecule has 0 aliphatic heterocycles. The van der Waals surface area contributed by atoms with Gasteiger partial charge >= 0.3 is 5.97 Å². The molecular weight excluding hydrogens is 220 g/mol. The highest BCUT2D eigenvalue weighted by Gasteiger charge is 2.24. The lowest BCUT2D eigenvalue weighted by molar-refractivity contribution is -0.145. The second kappa shape index (κ2) is 7.77. The number of rotatable bonds is 6. The quantitative estimate of drug-likeness (QED) is 0.405. The number of hydrogen-bond acceptors (Lipinski definition) is 3. The summed E-state index contributed by atoms with van der Waals surface area (Å²) >= 11 is 1.97. The van der Waals surface area contributed by atoms with E-state index in [9.17, 15) is 4.79 Å². The summed E-state index contributed by atoms with van der Waals surface area (Å²) in [6, 6.07) is 0. The summed E-state index contributed by atoms with van der Waals surface area (Å²) in [4.78, 5) is 11.4. The minimum absolute atomic E-state index is 0.0523. The van der Waals surface area contributed by atoms with E-state index >= 15 is 0 Å². The third kappa shape index (κ3) is 4.60. The number of unbranched alkanes of at least 4 members (excludes halogenated alkanes) is 2. The van der Waals surface area contributed by atoms with Crippen LogP contribution in [0.2, 0.25) is 0 Å². The molecule has 1 aliphatic carbocycles. The molecule has 0 N–H and O–H groups in total. The summed E-state index contributed by atoms with van der Waals surface area (Å²) < 4.78 is 4.80. The van der Waals surface area contributed by atoms with E-state index < -0.39 is 0 Å². The van der Waals surface area contributed by atoms with Crippen LogP contribution in [-0.2, 0) is 9.53 Å². The van der Waals surface area contributed by atoms with E-state index in [0.717, 1.165) is 12.8 Å². The van der Waals surface area contributed by atoms with Crippen LogP contribution < -0.4 is 0 Å². The molecule has 1 aliphatic rings. The van der Waals surface area contributed by atoms with Crippen molar-refractivity contribution in [2.24, 2.45) is 5.92 Å². The Bertz CT molecular complexity index is 238. The Hall–Kier alpha value is -0.440. The number of ether oxygens (including phenoxy) is 1. The van der Waals surface area contributed by atoms with Gasteiger partial charge in [-0.2, -0.15) is 11.8 Å². The van der Waals surface area contributed by atoms with Crippen LogP contribution in [0, 0.1) is 5.92 Å². The first-order valence-corrected chi connectivity index (χ1v) is 7.19. The molecule has 0 aromatic rings. The molecule has 0 unspecified atom stereocenters. The first kappa shape index (κ1) is 13.6. The number of carbonyl (C=O) groups is 1. The molecule has 0 bridgehead atoms. The van der Waals surface area contributed by atoms with E-state index in [4.69, 9.17) is 4.74 Å². The van der Waals surface area contributed by atoms with E-state index in [2.05, 4.69) is 19.1 Å². The van der Waals surface area contributed by atoms with Crippen molar-refractivity contribution in [3.8, 4) is 0 Å². The first-order valence-electron chi connectivity index (χ1n) is 6.14. The normalized spacial score (nSPS) is 24.4. The maximum Gasteiger partial charge on any atom is 0.309 e. The van der Waals surface area contributed by atoms with Crippen LogP contribution >= 0.6 is 11.8 Å². The smallest absolute Gasteiger partial charge is 0.309 e.